The molecule has 0 aliphatic heterocycles. The number of rotatable bonds is 6. The molecule has 0 saturated heterocycles. The van der Waals surface area contributed by atoms with Crippen LogP contribution in [0.15, 0.2) is 22.8 Å². The van der Waals surface area contributed by atoms with Crippen LogP contribution < -0.4 is 5.32 Å². The van der Waals surface area contributed by atoms with Crippen LogP contribution in [-0.4, -0.2) is 18.1 Å². The van der Waals surface area contributed by atoms with Crippen LogP contribution in [-0.2, 0) is 6.42 Å². The summed E-state index contributed by atoms with van der Waals surface area (Å²) in [5.41, 5.74) is 1.72. The molecule has 2 saturated carbocycles. The predicted octanol–water partition coefficient (Wildman–Crippen LogP) is 4.44. The number of pyridine rings is 1. The Labute approximate surface area is 137 Å². The lowest BCUT2D eigenvalue weighted by molar-refractivity contribution is 0.153. The summed E-state index contributed by atoms with van der Waals surface area (Å²) in [6.45, 7) is 6.88. The van der Waals surface area contributed by atoms with Gasteiger partial charge in [-0.15, -0.1) is 0 Å². The molecule has 0 spiro atoms. The minimum Gasteiger partial charge on any atom is -0.316 e. The van der Waals surface area contributed by atoms with E-state index >= 15 is 0 Å². The molecule has 3 heteroatoms. The van der Waals surface area contributed by atoms with Crippen LogP contribution in [0.1, 0.15) is 45.2 Å². The minimum atomic E-state index is 0.457. The molecule has 2 bridgehead atoms. The molecule has 1 N–H and O–H groups in total. The summed E-state index contributed by atoms with van der Waals surface area (Å²) in [4.78, 5) is 4.64. The molecule has 3 rings (SSSR count). The van der Waals surface area contributed by atoms with E-state index in [4.69, 9.17) is 0 Å². The zero-order chi connectivity index (χ0) is 14.9. The molecule has 116 valence electrons. The first-order valence-corrected chi connectivity index (χ1v) is 9.18. The molecule has 3 unspecified atom stereocenters. The van der Waals surface area contributed by atoms with Crippen LogP contribution >= 0.6 is 15.9 Å². The van der Waals surface area contributed by atoms with Crippen molar-refractivity contribution in [2.45, 2.75) is 46.0 Å². The van der Waals surface area contributed by atoms with E-state index in [2.05, 4.69) is 52.2 Å². The maximum Gasteiger partial charge on any atom is 0.0413 e. The Morgan fingerprint density at radius 2 is 2.24 bits per heavy atom. The first kappa shape index (κ1) is 15.5. The van der Waals surface area contributed by atoms with Gasteiger partial charge in [-0.2, -0.15) is 0 Å². The first-order valence-electron chi connectivity index (χ1n) is 8.38. The van der Waals surface area contributed by atoms with Gasteiger partial charge in [0.05, 0.1) is 0 Å². The van der Waals surface area contributed by atoms with Crippen LogP contribution in [0.25, 0.3) is 0 Å². The number of nitrogens with zero attached hydrogens (tertiary/aromatic N) is 1. The topological polar surface area (TPSA) is 24.9 Å². The lowest BCUT2D eigenvalue weighted by Gasteiger charge is -2.38. The number of nitrogens with one attached hydrogen (secondary N) is 1. The molecule has 1 aromatic heterocycles. The molecule has 0 amide bonds. The van der Waals surface area contributed by atoms with Crippen molar-refractivity contribution in [3.8, 4) is 0 Å². The minimum absolute atomic E-state index is 0.457. The number of fused-ring (bicyclic) bond motifs is 2. The predicted molar refractivity (Wildman–Crippen MR) is 91.2 cm³/mol. The van der Waals surface area contributed by atoms with Crippen molar-refractivity contribution in [2.24, 2.45) is 23.2 Å². The Hall–Kier alpha value is -0.410. The zero-order valence-corrected chi connectivity index (χ0v) is 14.8. The summed E-state index contributed by atoms with van der Waals surface area (Å²) in [5.74, 6) is 2.62. The molecule has 2 nitrogen and oxygen atoms in total. The smallest absolute Gasteiger partial charge is 0.0413 e. The summed E-state index contributed by atoms with van der Waals surface area (Å²) in [6, 6.07) is 4.32. The molecule has 2 aliphatic rings. The summed E-state index contributed by atoms with van der Waals surface area (Å²) in [6.07, 6.45) is 8.85. The maximum atomic E-state index is 4.64. The first-order chi connectivity index (χ1) is 10.1. The Morgan fingerprint density at radius 3 is 2.81 bits per heavy atom. The van der Waals surface area contributed by atoms with Crippen molar-refractivity contribution in [1.29, 1.82) is 0 Å². The van der Waals surface area contributed by atoms with E-state index in [0.717, 1.165) is 35.2 Å². The highest BCUT2D eigenvalue weighted by molar-refractivity contribution is 9.10. The van der Waals surface area contributed by atoms with Gasteiger partial charge in [-0.3, -0.25) is 4.98 Å². The second-order valence-electron chi connectivity index (χ2n) is 7.61. The Kier molecular flexibility index (Phi) is 4.70. The summed E-state index contributed by atoms with van der Waals surface area (Å²) >= 11 is 3.49. The molecule has 21 heavy (non-hydrogen) atoms. The molecule has 2 fully saturated rings. The van der Waals surface area contributed by atoms with Gasteiger partial charge in [0, 0.05) is 22.9 Å². The third kappa shape index (κ3) is 3.50. The molecule has 1 aromatic rings. The van der Waals surface area contributed by atoms with E-state index in [1.54, 1.807) is 0 Å². The van der Waals surface area contributed by atoms with E-state index < -0.39 is 0 Å². The van der Waals surface area contributed by atoms with E-state index in [-0.39, 0.29) is 0 Å². The number of halogens is 1. The Morgan fingerprint density at radius 1 is 1.38 bits per heavy atom. The van der Waals surface area contributed by atoms with Gasteiger partial charge in [0.25, 0.3) is 0 Å². The molecule has 0 radical (unpaired) electrons. The number of hydrogen-bond donors (Lipinski definition) is 1. The maximum absolute atomic E-state index is 4.64. The van der Waals surface area contributed by atoms with Crippen LogP contribution in [0.2, 0.25) is 0 Å². The lowest BCUT2D eigenvalue weighted by atomic mass is 9.70. The van der Waals surface area contributed by atoms with Gasteiger partial charge < -0.3 is 5.32 Å². The Bertz CT molecular complexity index is 471. The zero-order valence-electron chi connectivity index (χ0n) is 13.2. The highest BCUT2D eigenvalue weighted by atomic mass is 79.9. The fourth-order valence-electron chi connectivity index (χ4n) is 4.54. The molecule has 3 atom stereocenters. The fourth-order valence-corrected chi connectivity index (χ4v) is 4.77. The fraction of sp³-hybridized carbons (Fsp3) is 0.722. The standard InChI is InChI=1S/C18H27BrN2/c1-13(2)10-20-12-18(8-14-3-4-15(18)7-14)9-17-6-5-16(19)11-21-17/h5-6,11,13-15,20H,3-4,7-10,12H2,1-2H3. The van der Waals surface area contributed by atoms with Gasteiger partial charge in [0.15, 0.2) is 0 Å². The van der Waals surface area contributed by atoms with Crippen molar-refractivity contribution < 1.29 is 0 Å². The lowest BCUT2D eigenvalue weighted by Crippen LogP contribution is -2.41. The SMILES string of the molecule is CC(C)CNCC1(Cc2ccc(Br)cn2)CC2CCC1C2. The average molecular weight is 351 g/mol. The second-order valence-corrected chi connectivity index (χ2v) is 8.53. The van der Waals surface area contributed by atoms with Crippen molar-refractivity contribution in [3.63, 3.8) is 0 Å². The largest absolute Gasteiger partial charge is 0.316 e. The molecule has 2 aliphatic carbocycles. The summed E-state index contributed by atoms with van der Waals surface area (Å²) in [5, 5.41) is 3.75. The van der Waals surface area contributed by atoms with Gasteiger partial charge >= 0.3 is 0 Å². The van der Waals surface area contributed by atoms with Crippen molar-refractivity contribution in [1.82, 2.24) is 10.3 Å². The van der Waals surface area contributed by atoms with Crippen LogP contribution in [0, 0.1) is 23.2 Å². The van der Waals surface area contributed by atoms with E-state index in [1.165, 1.54) is 37.9 Å². The van der Waals surface area contributed by atoms with Gasteiger partial charge in [-0.05, 0) is 83.5 Å². The third-order valence-electron chi connectivity index (χ3n) is 5.45. The van der Waals surface area contributed by atoms with E-state index in [0.29, 0.717) is 5.41 Å². The quantitative estimate of drug-likeness (QED) is 0.820. The van der Waals surface area contributed by atoms with Gasteiger partial charge in [0.2, 0.25) is 0 Å². The number of hydrogen-bond acceptors (Lipinski definition) is 2. The van der Waals surface area contributed by atoms with Crippen molar-refractivity contribution in [2.75, 3.05) is 13.1 Å². The highest BCUT2D eigenvalue weighted by Crippen LogP contribution is 2.56. The van der Waals surface area contributed by atoms with Crippen LogP contribution in [0.5, 0.6) is 0 Å². The van der Waals surface area contributed by atoms with Gasteiger partial charge in [-0.25, -0.2) is 0 Å². The molecule has 1 heterocycles. The second kappa shape index (κ2) is 6.37. The summed E-state index contributed by atoms with van der Waals surface area (Å²) in [7, 11) is 0. The van der Waals surface area contributed by atoms with Gasteiger partial charge in [-0.1, -0.05) is 20.3 Å². The number of aromatic nitrogens is 1. The normalized spacial score (nSPS) is 31.2. The molecule has 0 aromatic carbocycles. The highest BCUT2D eigenvalue weighted by Gasteiger charge is 2.50. The van der Waals surface area contributed by atoms with Gasteiger partial charge in [0.1, 0.15) is 0 Å². The van der Waals surface area contributed by atoms with Crippen molar-refractivity contribution >= 4 is 15.9 Å². The average Bonchev–Trinajstić information content (AvgIpc) is 3.02. The van der Waals surface area contributed by atoms with E-state index in [1.807, 2.05) is 6.20 Å². The molecular formula is C18H27BrN2. The van der Waals surface area contributed by atoms with Crippen LogP contribution in [0.4, 0.5) is 0 Å². The third-order valence-corrected chi connectivity index (χ3v) is 5.92. The molecular weight excluding hydrogens is 324 g/mol. The summed E-state index contributed by atoms with van der Waals surface area (Å²) < 4.78 is 1.08. The Balaban J connectivity index is 1.72. The van der Waals surface area contributed by atoms with Crippen LogP contribution in [0.3, 0.4) is 0 Å². The van der Waals surface area contributed by atoms with Crippen molar-refractivity contribution in [3.05, 3.63) is 28.5 Å². The monoisotopic (exact) mass is 350 g/mol. The van der Waals surface area contributed by atoms with E-state index in [9.17, 15) is 0 Å².